The molecule has 2 heterocycles. The summed E-state index contributed by atoms with van der Waals surface area (Å²) in [5.74, 6) is 2.27. The summed E-state index contributed by atoms with van der Waals surface area (Å²) in [6, 6.07) is 0.0253. The Bertz CT molecular complexity index is 600. The van der Waals surface area contributed by atoms with Gasteiger partial charge in [-0.15, -0.1) is 0 Å². The number of aryl methyl sites for hydroxylation is 1. The predicted octanol–water partition coefficient (Wildman–Crippen LogP) is 3.31. The van der Waals surface area contributed by atoms with Crippen molar-refractivity contribution in [2.24, 2.45) is 17.0 Å². The van der Waals surface area contributed by atoms with E-state index in [0.717, 1.165) is 31.3 Å². The van der Waals surface area contributed by atoms with Crippen molar-refractivity contribution in [1.82, 2.24) is 24.9 Å². The number of hydrogen-bond donors (Lipinski definition) is 1. The molecule has 0 radical (unpaired) electrons. The van der Waals surface area contributed by atoms with Crippen molar-refractivity contribution in [1.29, 1.82) is 0 Å². The highest BCUT2D eigenvalue weighted by Gasteiger charge is 2.26. The molecule has 7 nitrogen and oxygen atoms in total. The van der Waals surface area contributed by atoms with Crippen LogP contribution in [0.5, 0.6) is 0 Å². The molecule has 0 amide bonds. The van der Waals surface area contributed by atoms with Crippen LogP contribution in [-0.4, -0.2) is 50.4 Å². The minimum Gasteiger partial charge on any atom is -0.342 e. The summed E-state index contributed by atoms with van der Waals surface area (Å²) >= 11 is 0. The number of imidazole rings is 1. The van der Waals surface area contributed by atoms with Gasteiger partial charge in [-0.1, -0.05) is 26.8 Å². The molecule has 25 heavy (non-hydrogen) atoms. The lowest BCUT2D eigenvalue weighted by Gasteiger charge is -2.37. The molecule has 1 unspecified atom stereocenters. The van der Waals surface area contributed by atoms with E-state index in [0.29, 0.717) is 5.82 Å². The van der Waals surface area contributed by atoms with Crippen molar-refractivity contribution >= 4 is 17.6 Å². The molecule has 0 saturated carbocycles. The Morgan fingerprint density at radius 1 is 1.36 bits per heavy atom. The van der Waals surface area contributed by atoms with Gasteiger partial charge in [0.1, 0.15) is 6.04 Å². The molecule has 0 saturated heterocycles. The molecule has 0 aliphatic carbocycles. The second-order valence-electron chi connectivity index (χ2n) is 5.56. The fraction of sp³-hybridized carbons (Fsp3) is 0.611. The zero-order valence-electron chi connectivity index (χ0n) is 16.7. The van der Waals surface area contributed by atoms with Gasteiger partial charge in [-0.25, -0.2) is 9.98 Å². The molecule has 1 aliphatic heterocycles. The Balaban J connectivity index is 0.00000151. The smallest absolute Gasteiger partial charge is 0.219 e. The maximum atomic E-state index is 4.75. The first-order valence-corrected chi connectivity index (χ1v) is 9.17. The third kappa shape index (κ3) is 5.62. The number of hydrazine groups is 1. The van der Waals surface area contributed by atoms with E-state index < -0.39 is 0 Å². The molecule has 0 fully saturated rings. The number of hydrogen-bond acceptors (Lipinski definition) is 5. The Hall–Kier alpha value is -2.31. The van der Waals surface area contributed by atoms with Crippen molar-refractivity contribution in [3.63, 3.8) is 0 Å². The minimum absolute atomic E-state index is 0.0253. The van der Waals surface area contributed by atoms with Crippen LogP contribution in [0, 0.1) is 0 Å². The molecule has 2 rings (SSSR count). The Kier molecular flexibility index (Phi) is 8.74. The first-order valence-electron chi connectivity index (χ1n) is 9.17. The van der Waals surface area contributed by atoms with Gasteiger partial charge in [0.15, 0.2) is 11.7 Å². The van der Waals surface area contributed by atoms with Gasteiger partial charge in [0, 0.05) is 32.5 Å². The zero-order valence-corrected chi connectivity index (χ0v) is 16.7. The van der Waals surface area contributed by atoms with Crippen molar-refractivity contribution in [3.05, 3.63) is 24.8 Å². The normalized spacial score (nSPS) is 18.7. The fourth-order valence-electron chi connectivity index (χ4n) is 2.41. The van der Waals surface area contributed by atoms with E-state index in [9.17, 15) is 0 Å². The van der Waals surface area contributed by atoms with Gasteiger partial charge in [-0.3, -0.25) is 10.4 Å². The van der Waals surface area contributed by atoms with E-state index in [1.807, 2.05) is 55.9 Å². The van der Waals surface area contributed by atoms with Crippen molar-refractivity contribution in [3.8, 4) is 0 Å². The monoisotopic (exact) mass is 347 g/mol. The molecule has 140 valence electrons. The number of allylic oxidation sites excluding steroid dienone is 1. The van der Waals surface area contributed by atoms with Crippen molar-refractivity contribution in [2.75, 3.05) is 13.1 Å². The molecule has 7 heteroatoms. The maximum absolute atomic E-state index is 4.75. The first-order chi connectivity index (χ1) is 12.1. The summed E-state index contributed by atoms with van der Waals surface area (Å²) in [7, 11) is 1.93. The highest BCUT2D eigenvalue weighted by molar-refractivity contribution is 6.01. The highest BCUT2D eigenvalue weighted by atomic mass is 15.6. The van der Waals surface area contributed by atoms with Gasteiger partial charge in [0.05, 0.1) is 6.33 Å². The van der Waals surface area contributed by atoms with Gasteiger partial charge in [-0.2, -0.15) is 4.99 Å². The summed E-state index contributed by atoms with van der Waals surface area (Å²) in [6.45, 7) is 14.2. The average molecular weight is 348 g/mol. The van der Waals surface area contributed by atoms with Crippen LogP contribution in [0.4, 0.5) is 5.82 Å². The molecule has 0 spiro atoms. The van der Waals surface area contributed by atoms with Gasteiger partial charge >= 0.3 is 0 Å². The standard InChI is InChI=1S/C16H27N7.C2H6/c1-6-9-22(8-3)16-19-15(13(4)23(20-16)10-7-2)18-14-11-21(5)12-17-14;1-2/h7,10-13H,6,8-9H2,1-5H3,(H,18,19,20);1-2H3/b10-7-;. The molecule has 0 aromatic carbocycles. The van der Waals surface area contributed by atoms with E-state index in [4.69, 9.17) is 4.99 Å². The lowest BCUT2D eigenvalue weighted by atomic mass is 10.3. The average Bonchev–Trinajstić information content (AvgIpc) is 3.03. The third-order valence-corrected chi connectivity index (χ3v) is 3.65. The van der Waals surface area contributed by atoms with Crippen molar-refractivity contribution in [2.45, 2.75) is 54.0 Å². The van der Waals surface area contributed by atoms with Crippen LogP contribution < -0.4 is 5.43 Å². The van der Waals surface area contributed by atoms with E-state index >= 15 is 0 Å². The number of nitrogens with one attached hydrogen (secondary N) is 1. The molecule has 1 aliphatic rings. The van der Waals surface area contributed by atoms with Crippen LogP contribution in [0.2, 0.25) is 0 Å². The molecular formula is C18H33N7. The largest absolute Gasteiger partial charge is 0.342 e. The number of rotatable bonds is 5. The second-order valence-corrected chi connectivity index (χ2v) is 5.56. The zero-order chi connectivity index (χ0) is 18.8. The van der Waals surface area contributed by atoms with Crippen LogP contribution in [0.1, 0.15) is 48.0 Å². The molecule has 1 atom stereocenters. The van der Waals surface area contributed by atoms with E-state index in [1.165, 1.54) is 0 Å². The lowest BCUT2D eigenvalue weighted by Crippen LogP contribution is -2.56. The van der Waals surface area contributed by atoms with E-state index in [2.05, 4.69) is 41.1 Å². The number of aromatic nitrogens is 2. The topological polar surface area (TPSA) is 61.0 Å². The highest BCUT2D eigenvalue weighted by Crippen LogP contribution is 2.14. The van der Waals surface area contributed by atoms with Crippen LogP contribution >= 0.6 is 0 Å². The predicted molar refractivity (Wildman–Crippen MR) is 106 cm³/mol. The Morgan fingerprint density at radius 3 is 2.60 bits per heavy atom. The van der Waals surface area contributed by atoms with Crippen LogP contribution in [0.25, 0.3) is 0 Å². The summed E-state index contributed by atoms with van der Waals surface area (Å²) in [5, 5.41) is 2.03. The van der Waals surface area contributed by atoms with Gasteiger partial charge < -0.3 is 9.47 Å². The van der Waals surface area contributed by atoms with Crippen LogP contribution in [0.3, 0.4) is 0 Å². The summed E-state index contributed by atoms with van der Waals surface area (Å²) < 4.78 is 1.88. The van der Waals surface area contributed by atoms with Gasteiger partial charge in [0.2, 0.25) is 5.96 Å². The first kappa shape index (κ1) is 20.7. The fourth-order valence-corrected chi connectivity index (χ4v) is 2.41. The minimum atomic E-state index is 0.0253. The van der Waals surface area contributed by atoms with Crippen molar-refractivity contribution < 1.29 is 0 Å². The number of nitrogens with zero attached hydrogens (tertiary/aromatic N) is 6. The molecule has 1 N–H and O–H groups in total. The van der Waals surface area contributed by atoms with E-state index in [-0.39, 0.29) is 6.04 Å². The number of amidine groups is 1. The molecular weight excluding hydrogens is 314 g/mol. The summed E-state index contributed by atoms with van der Waals surface area (Å²) in [6.07, 6.45) is 8.71. The maximum Gasteiger partial charge on any atom is 0.219 e. The Morgan fingerprint density at radius 2 is 2.08 bits per heavy atom. The molecule has 1 aromatic heterocycles. The number of guanidine groups is 1. The van der Waals surface area contributed by atoms with Gasteiger partial charge in [-0.05, 0) is 27.2 Å². The van der Waals surface area contributed by atoms with Crippen LogP contribution in [-0.2, 0) is 7.05 Å². The van der Waals surface area contributed by atoms with E-state index in [1.54, 1.807) is 6.33 Å². The Labute approximate surface area is 152 Å². The third-order valence-electron chi connectivity index (χ3n) is 3.65. The summed E-state index contributed by atoms with van der Waals surface area (Å²) in [5.41, 5.74) is 3.38. The van der Waals surface area contributed by atoms with Crippen LogP contribution in [0.15, 0.2) is 34.8 Å². The molecule has 1 aromatic rings. The number of aliphatic imine (C=N–C) groups is 2. The summed E-state index contributed by atoms with van der Waals surface area (Å²) in [4.78, 5) is 15.9. The quantitative estimate of drug-likeness (QED) is 0.888. The van der Waals surface area contributed by atoms with Gasteiger partial charge in [0.25, 0.3) is 0 Å². The lowest BCUT2D eigenvalue weighted by molar-refractivity contribution is 0.270. The second kappa shape index (κ2) is 10.5. The molecule has 0 bridgehead atoms. The SMILES string of the molecule is C/C=C\N1NC(N(CC)CCC)=N/C(=N/c2cn(C)cn2)C1C.CC.